The molecule has 2 aliphatic rings. The third-order valence-electron chi connectivity index (χ3n) is 6.78. The lowest BCUT2D eigenvalue weighted by Gasteiger charge is -2.53. The van der Waals surface area contributed by atoms with E-state index in [2.05, 4.69) is 5.32 Å². The standard InChI is InChI=1S/C26H27F3N4O5/c1-31-15-22(34)32-20(13-23(35)36)24(37)18(10-17-8-5-9-19(11-17)26(27,28)29)12-21(32)33(31)25(38)30-14-16-6-3-2-4-7-16/h2-9,11,18,20-21H,10,12-15H2,1H3,(H,30,38)(H,35,36)/t18?,20-,21-/m0/s1. The molecule has 38 heavy (non-hydrogen) atoms. The first-order valence-electron chi connectivity index (χ1n) is 12.0. The Morgan fingerprint density at radius 1 is 1.05 bits per heavy atom. The Labute approximate surface area is 216 Å². The van der Waals surface area contributed by atoms with Crippen LogP contribution in [0, 0.1) is 5.92 Å². The minimum atomic E-state index is -4.57. The van der Waals surface area contributed by atoms with E-state index in [1.165, 1.54) is 29.2 Å². The SMILES string of the molecule is CN1CC(=O)N2[C@@H](CC(=O)O)C(=O)C(Cc3cccc(C(F)(F)F)c3)C[C@@H]2N1C(=O)NCc1ccccc1. The van der Waals surface area contributed by atoms with Crippen molar-refractivity contribution < 1.29 is 37.5 Å². The van der Waals surface area contributed by atoms with Crippen LogP contribution in [0.15, 0.2) is 54.6 Å². The molecule has 2 heterocycles. The normalized spacial score (nSPS) is 22.3. The van der Waals surface area contributed by atoms with Gasteiger partial charge in [0, 0.05) is 19.5 Å². The topological polar surface area (TPSA) is 110 Å². The molecule has 0 spiro atoms. The molecule has 9 nitrogen and oxygen atoms in total. The number of aliphatic carboxylic acids is 1. The molecule has 2 aliphatic heterocycles. The number of likely N-dealkylation sites (N-methyl/N-ethyl adjacent to an activating group) is 1. The average molecular weight is 533 g/mol. The van der Waals surface area contributed by atoms with Crippen molar-refractivity contribution in [2.45, 2.75) is 44.2 Å². The molecule has 2 aromatic rings. The fourth-order valence-electron chi connectivity index (χ4n) is 5.09. The van der Waals surface area contributed by atoms with Crippen molar-refractivity contribution in [2.75, 3.05) is 13.6 Å². The van der Waals surface area contributed by atoms with E-state index in [0.29, 0.717) is 0 Å². The van der Waals surface area contributed by atoms with Crippen LogP contribution in [0.25, 0.3) is 0 Å². The van der Waals surface area contributed by atoms with Gasteiger partial charge in [-0.3, -0.25) is 14.4 Å². The Morgan fingerprint density at radius 2 is 1.74 bits per heavy atom. The number of nitrogens with one attached hydrogen (secondary N) is 1. The van der Waals surface area contributed by atoms with Gasteiger partial charge in [-0.05, 0) is 30.0 Å². The van der Waals surface area contributed by atoms with E-state index in [0.717, 1.165) is 22.6 Å². The second kappa shape index (κ2) is 10.8. The number of Topliss-reactive ketones (excluding diaryl/α,β-unsaturated/α-hetero) is 1. The summed E-state index contributed by atoms with van der Waals surface area (Å²) in [6.07, 6.45) is -6.39. The lowest BCUT2D eigenvalue weighted by molar-refractivity contribution is -0.183. The molecule has 2 saturated heterocycles. The van der Waals surface area contributed by atoms with E-state index in [1.807, 2.05) is 30.3 Å². The Bertz CT molecular complexity index is 1220. The largest absolute Gasteiger partial charge is 0.481 e. The van der Waals surface area contributed by atoms with Gasteiger partial charge in [0.2, 0.25) is 5.91 Å². The van der Waals surface area contributed by atoms with Crippen molar-refractivity contribution in [3.63, 3.8) is 0 Å². The molecule has 1 unspecified atom stereocenters. The van der Waals surface area contributed by atoms with E-state index >= 15 is 0 Å². The van der Waals surface area contributed by atoms with E-state index < -0.39 is 60.0 Å². The minimum absolute atomic E-state index is 0.0555. The number of carbonyl (C=O) groups excluding carboxylic acids is 3. The lowest BCUT2D eigenvalue weighted by atomic mass is 9.81. The summed E-state index contributed by atoms with van der Waals surface area (Å²) in [5.41, 5.74) is 0.214. The number of hydrazine groups is 1. The van der Waals surface area contributed by atoms with Gasteiger partial charge >= 0.3 is 18.2 Å². The van der Waals surface area contributed by atoms with E-state index in [-0.39, 0.29) is 31.5 Å². The maximum absolute atomic E-state index is 13.4. The molecule has 4 rings (SSSR count). The highest BCUT2D eigenvalue weighted by molar-refractivity contribution is 5.96. The highest BCUT2D eigenvalue weighted by Gasteiger charge is 2.51. The predicted octanol–water partition coefficient (Wildman–Crippen LogP) is 2.91. The maximum atomic E-state index is 13.4. The quantitative estimate of drug-likeness (QED) is 0.592. The van der Waals surface area contributed by atoms with Crippen molar-refractivity contribution in [2.24, 2.45) is 5.92 Å². The number of benzene rings is 2. The summed E-state index contributed by atoms with van der Waals surface area (Å²) in [6.45, 7) is -0.0627. The van der Waals surface area contributed by atoms with Crippen LogP contribution in [0.4, 0.5) is 18.0 Å². The number of fused-ring (bicyclic) bond motifs is 1. The second-order valence-electron chi connectivity index (χ2n) is 9.44. The number of ketones is 1. The van der Waals surface area contributed by atoms with Gasteiger partial charge in [-0.2, -0.15) is 13.2 Å². The van der Waals surface area contributed by atoms with Gasteiger partial charge in [-0.1, -0.05) is 48.5 Å². The number of rotatable bonds is 6. The van der Waals surface area contributed by atoms with Gasteiger partial charge in [0.25, 0.3) is 0 Å². The molecule has 0 aliphatic carbocycles. The Hall–Kier alpha value is -3.93. The molecule has 2 N–H and O–H groups in total. The molecule has 0 radical (unpaired) electrons. The molecule has 2 aromatic carbocycles. The molecule has 3 amide bonds. The summed E-state index contributed by atoms with van der Waals surface area (Å²) in [4.78, 5) is 52.5. The van der Waals surface area contributed by atoms with Gasteiger partial charge in [0.05, 0.1) is 18.5 Å². The van der Waals surface area contributed by atoms with Gasteiger partial charge in [0.1, 0.15) is 12.2 Å². The first kappa shape index (κ1) is 27.1. The summed E-state index contributed by atoms with van der Waals surface area (Å²) in [7, 11) is 1.53. The zero-order valence-corrected chi connectivity index (χ0v) is 20.5. The van der Waals surface area contributed by atoms with Crippen LogP contribution in [0.5, 0.6) is 0 Å². The number of halogens is 3. The smallest absolute Gasteiger partial charge is 0.416 e. The fourth-order valence-corrected chi connectivity index (χ4v) is 5.09. The van der Waals surface area contributed by atoms with Crippen molar-refractivity contribution in [1.82, 2.24) is 20.2 Å². The molecule has 202 valence electrons. The van der Waals surface area contributed by atoms with E-state index in [4.69, 9.17) is 0 Å². The number of piperidine rings is 1. The van der Waals surface area contributed by atoms with Crippen LogP contribution in [0.2, 0.25) is 0 Å². The fraction of sp³-hybridized carbons (Fsp3) is 0.385. The monoisotopic (exact) mass is 532 g/mol. The highest BCUT2D eigenvalue weighted by atomic mass is 19.4. The maximum Gasteiger partial charge on any atom is 0.416 e. The Kier molecular flexibility index (Phi) is 7.72. The predicted molar refractivity (Wildman–Crippen MR) is 128 cm³/mol. The number of hydrogen-bond donors (Lipinski definition) is 2. The second-order valence-corrected chi connectivity index (χ2v) is 9.44. The number of carbonyl (C=O) groups is 4. The average Bonchev–Trinajstić information content (AvgIpc) is 2.85. The highest BCUT2D eigenvalue weighted by Crippen LogP contribution is 2.35. The molecular weight excluding hydrogens is 505 g/mol. The molecule has 0 bridgehead atoms. The Balaban J connectivity index is 1.63. The molecule has 12 heteroatoms. The molecule has 3 atom stereocenters. The lowest BCUT2D eigenvalue weighted by Crippen LogP contribution is -2.73. The number of urea groups is 1. The summed E-state index contributed by atoms with van der Waals surface area (Å²) in [5.74, 6) is -3.29. The zero-order valence-electron chi connectivity index (χ0n) is 20.5. The summed E-state index contributed by atoms with van der Waals surface area (Å²) in [6, 6.07) is 11.8. The number of amides is 3. The van der Waals surface area contributed by atoms with Crippen LogP contribution in [-0.2, 0) is 33.5 Å². The summed E-state index contributed by atoms with van der Waals surface area (Å²) >= 11 is 0. The van der Waals surface area contributed by atoms with Gasteiger partial charge in [-0.15, -0.1) is 0 Å². The summed E-state index contributed by atoms with van der Waals surface area (Å²) in [5, 5.41) is 14.9. The van der Waals surface area contributed by atoms with Crippen LogP contribution in [-0.4, -0.2) is 69.5 Å². The molecule has 0 aromatic heterocycles. The van der Waals surface area contributed by atoms with Gasteiger partial charge in [0.15, 0.2) is 5.78 Å². The first-order chi connectivity index (χ1) is 18.0. The van der Waals surface area contributed by atoms with Crippen molar-refractivity contribution >= 4 is 23.7 Å². The number of carboxylic acid groups (broad SMARTS) is 1. The van der Waals surface area contributed by atoms with E-state index in [1.54, 1.807) is 0 Å². The van der Waals surface area contributed by atoms with E-state index in [9.17, 15) is 37.5 Å². The first-order valence-corrected chi connectivity index (χ1v) is 12.0. The minimum Gasteiger partial charge on any atom is -0.481 e. The van der Waals surface area contributed by atoms with Crippen LogP contribution < -0.4 is 5.32 Å². The molecule has 2 fully saturated rings. The number of nitrogens with zero attached hydrogens (tertiary/aromatic N) is 3. The van der Waals surface area contributed by atoms with Crippen LogP contribution in [0.1, 0.15) is 29.5 Å². The van der Waals surface area contributed by atoms with Gasteiger partial charge in [-0.25, -0.2) is 14.8 Å². The summed E-state index contributed by atoms with van der Waals surface area (Å²) < 4.78 is 39.7. The number of carboxylic acids is 1. The van der Waals surface area contributed by atoms with Gasteiger partial charge < -0.3 is 15.3 Å². The third kappa shape index (κ3) is 5.80. The molecule has 0 saturated carbocycles. The van der Waals surface area contributed by atoms with Crippen LogP contribution >= 0.6 is 0 Å². The van der Waals surface area contributed by atoms with Crippen molar-refractivity contribution in [3.05, 3.63) is 71.3 Å². The molecular formula is C26H27F3N4O5. The zero-order chi connectivity index (χ0) is 27.6. The van der Waals surface area contributed by atoms with Crippen molar-refractivity contribution in [3.8, 4) is 0 Å². The van der Waals surface area contributed by atoms with Crippen molar-refractivity contribution in [1.29, 1.82) is 0 Å². The third-order valence-corrected chi connectivity index (χ3v) is 6.78. The number of hydrogen-bond acceptors (Lipinski definition) is 5. The Morgan fingerprint density at radius 3 is 2.39 bits per heavy atom. The number of alkyl halides is 3. The van der Waals surface area contributed by atoms with Crippen LogP contribution in [0.3, 0.4) is 0 Å².